The van der Waals surface area contributed by atoms with E-state index < -0.39 is 0 Å². The van der Waals surface area contributed by atoms with Crippen molar-refractivity contribution < 1.29 is 0 Å². The van der Waals surface area contributed by atoms with Crippen molar-refractivity contribution in [3.63, 3.8) is 0 Å². The number of aromatic nitrogens is 1. The van der Waals surface area contributed by atoms with Crippen LogP contribution in [0.4, 0.5) is 0 Å². The number of pyridine rings is 1. The summed E-state index contributed by atoms with van der Waals surface area (Å²) in [5.41, 5.74) is 2.38. The second-order valence-corrected chi connectivity index (χ2v) is 3.89. The van der Waals surface area contributed by atoms with Gasteiger partial charge in [0.1, 0.15) is 0 Å². The Morgan fingerprint density at radius 1 is 1.00 bits per heavy atom. The summed E-state index contributed by atoms with van der Waals surface area (Å²) in [6.07, 6.45) is 3.70. The van der Waals surface area contributed by atoms with E-state index in [2.05, 4.69) is 29.2 Å². The zero-order chi connectivity index (χ0) is 10.5. The van der Waals surface area contributed by atoms with Gasteiger partial charge in [-0.15, -0.1) is 0 Å². The predicted molar refractivity (Wildman–Crippen MR) is 63.1 cm³/mol. The van der Waals surface area contributed by atoms with Crippen LogP contribution >= 0.6 is 11.6 Å². The van der Waals surface area contributed by atoms with Crippen molar-refractivity contribution in [3.8, 4) is 0 Å². The maximum Gasteiger partial charge on any atom is 0.0439 e. The average Bonchev–Trinajstić information content (AvgIpc) is 2.28. The molecule has 76 valence electrons. The van der Waals surface area contributed by atoms with Crippen molar-refractivity contribution >= 4 is 11.6 Å². The molecule has 0 saturated heterocycles. The summed E-state index contributed by atoms with van der Waals surface area (Å²) in [5, 5.41) is 0.757. The summed E-state index contributed by atoms with van der Waals surface area (Å²) in [6, 6.07) is 14.1. The lowest BCUT2D eigenvalue weighted by atomic mass is 10.1. The quantitative estimate of drug-likeness (QED) is 0.767. The number of nitrogens with zero attached hydrogens (tertiary/aromatic N) is 1. The minimum absolute atomic E-state index is 0.757. The van der Waals surface area contributed by atoms with Crippen molar-refractivity contribution in [1.82, 2.24) is 4.98 Å². The third-order valence-corrected chi connectivity index (χ3v) is 2.53. The van der Waals surface area contributed by atoms with E-state index >= 15 is 0 Å². The average molecular weight is 218 g/mol. The Bertz CT molecular complexity index is 426. The van der Waals surface area contributed by atoms with Gasteiger partial charge >= 0.3 is 0 Å². The first kappa shape index (κ1) is 10.2. The van der Waals surface area contributed by atoms with Gasteiger partial charge in [0.2, 0.25) is 0 Å². The van der Waals surface area contributed by atoms with Gasteiger partial charge in [-0.25, -0.2) is 0 Å². The highest BCUT2D eigenvalue weighted by Crippen LogP contribution is 2.10. The lowest BCUT2D eigenvalue weighted by molar-refractivity contribution is 0.914. The van der Waals surface area contributed by atoms with E-state index in [1.165, 1.54) is 5.56 Å². The first-order valence-corrected chi connectivity index (χ1v) is 5.37. The molecule has 2 rings (SSSR count). The molecule has 0 aliphatic heterocycles. The minimum Gasteiger partial charge on any atom is -0.261 e. The molecular formula is C13H12ClN. The van der Waals surface area contributed by atoms with Gasteiger partial charge in [0.05, 0.1) is 0 Å². The van der Waals surface area contributed by atoms with Gasteiger partial charge < -0.3 is 0 Å². The number of hydrogen-bond acceptors (Lipinski definition) is 1. The Morgan fingerprint density at radius 2 is 1.80 bits per heavy atom. The molecule has 0 bridgehead atoms. The molecule has 0 fully saturated rings. The fourth-order valence-electron chi connectivity index (χ4n) is 1.50. The van der Waals surface area contributed by atoms with E-state index in [-0.39, 0.29) is 0 Å². The summed E-state index contributed by atoms with van der Waals surface area (Å²) >= 11 is 5.89. The lowest BCUT2D eigenvalue weighted by Crippen LogP contribution is -1.93. The summed E-state index contributed by atoms with van der Waals surface area (Å²) in [4.78, 5) is 4.27. The van der Waals surface area contributed by atoms with E-state index in [4.69, 9.17) is 11.6 Å². The van der Waals surface area contributed by atoms with Gasteiger partial charge in [0.15, 0.2) is 0 Å². The zero-order valence-electron chi connectivity index (χ0n) is 8.36. The first-order valence-electron chi connectivity index (χ1n) is 4.99. The molecule has 0 saturated carbocycles. The highest BCUT2D eigenvalue weighted by molar-refractivity contribution is 6.30. The fourth-order valence-corrected chi connectivity index (χ4v) is 1.68. The third-order valence-electron chi connectivity index (χ3n) is 2.29. The first-order chi connectivity index (χ1) is 7.34. The van der Waals surface area contributed by atoms with Crippen LogP contribution in [0.25, 0.3) is 0 Å². The van der Waals surface area contributed by atoms with Crippen molar-refractivity contribution in [1.29, 1.82) is 0 Å². The van der Waals surface area contributed by atoms with Gasteiger partial charge in [-0.3, -0.25) is 4.98 Å². The molecule has 0 unspecified atom stereocenters. The predicted octanol–water partition coefficient (Wildman–Crippen LogP) is 3.52. The Hall–Kier alpha value is -1.34. The van der Waals surface area contributed by atoms with Crippen LogP contribution < -0.4 is 0 Å². The van der Waals surface area contributed by atoms with Gasteiger partial charge in [-0.1, -0.05) is 41.9 Å². The molecule has 15 heavy (non-hydrogen) atoms. The van der Waals surface area contributed by atoms with E-state index in [0.29, 0.717) is 0 Å². The molecule has 1 aromatic heterocycles. The highest BCUT2D eigenvalue weighted by atomic mass is 35.5. The molecule has 0 radical (unpaired) electrons. The van der Waals surface area contributed by atoms with Gasteiger partial charge in [0, 0.05) is 16.9 Å². The van der Waals surface area contributed by atoms with E-state index in [9.17, 15) is 0 Å². The molecule has 2 aromatic rings. The molecule has 1 aromatic carbocycles. The van der Waals surface area contributed by atoms with Gasteiger partial charge in [0.25, 0.3) is 0 Å². The SMILES string of the molecule is Clc1ccnc(CCc2ccccc2)c1. The van der Waals surface area contributed by atoms with Crippen LogP contribution in [-0.2, 0) is 12.8 Å². The Balaban J connectivity index is 1.99. The second-order valence-electron chi connectivity index (χ2n) is 3.45. The van der Waals surface area contributed by atoms with Crippen molar-refractivity contribution in [2.75, 3.05) is 0 Å². The number of benzene rings is 1. The molecule has 0 N–H and O–H groups in total. The van der Waals surface area contributed by atoms with Crippen molar-refractivity contribution in [2.24, 2.45) is 0 Å². The third kappa shape index (κ3) is 3.07. The van der Waals surface area contributed by atoms with Crippen LogP contribution in [0.5, 0.6) is 0 Å². The Labute approximate surface area is 94.7 Å². The topological polar surface area (TPSA) is 12.9 Å². The van der Waals surface area contributed by atoms with Crippen LogP contribution in [0.2, 0.25) is 5.02 Å². The van der Waals surface area contributed by atoms with Crippen LogP contribution in [0, 0.1) is 0 Å². The molecule has 1 heterocycles. The summed E-state index contributed by atoms with van der Waals surface area (Å²) in [5.74, 6) is 0. The molecule has 0 aliphatic rings. The standard InChI is InChI=1S/C13H12ClN/c14-12-8-9-15-13(10-12)7-6-11-4-2-1-3-5-11/h1-5,8-10H,6-7H2. The lowest BCUT2D eigenvalue weighted by Gasteiger charge is -2.01. The van der Waals surface area contributed by atoms with E-state index in [0.717, 1.165) is 23.6 Å². The molecule has 1 nitrogen and oxygen atoms in total. The number of rotatable bonds is 3. The molecular weight excluding hydrogens is 206 g/mol. The highest BCUT2D eigenvalue weighted by Gasteiger charge is 1.97. The summed E-state index contributed by atoms with van der Waals surface area (Å²) in [7, 11) is 0. The number of aryl methyl sites for hydroxylation is 2. The molecule has 0 spiro atoms. The second kappa shape index (κ2) is 4.94. The van der Waals surface area contributed by atoms with Crippen LogP contribution in [0.3, 0.4) is 0 Å². The number of hydrogen-bond donors (Lipinski definition) is 0. The van der Waals surface area contributed by atoms with Crippen LogP contribution in [0.1, 0.15) is 11.3 Å². The van der Waals surface area contributed by atoms with E-state index in [1.807, 2.05) is 12.1 Å². The smallest absolute Gasteiger partial charge is 0.0439 e. The maximum absolute atomic E-state index is 5.89. The molecule has 0 atom stereocenters. The molecule has 0 amide bonds. The molecule has 0 aliphatic carbocycles. The fraction of sp³-hybridized carbons (Fsp3) is 0.154. The van der Waals surface area contributed by atoms with Crippen molar-refractivity contribution in [3.05, 3.63) is 64.9 Å². The Morgan fingerprint density at radius 3 is 2.53 bits per heavy atom. The zero-order valence-corrected chi connectivity index (χ0v) is 9.11. The largest absolute Gasteiger partial charge is 0.261 e. The Kier molecular flexibility index (Phi) is 3.36. The molecule has 2 heteroatoms. The normalized spacial score (nSPS) is 10.2. The van der Waals surface area contributed by atoms with Crippen LogP contribution in [-0.4, -0.2) is 4.98 Å². The van der Waals surface area contributed by atoms with E-state index in [1.54, 1.807) is 12.3 Å². The van der Waals surface area contributed by atoms with Crippen LogP contribution in [0.15, 0.2) is 48.7 Å². The van der Waals surface area contributed by atoms with Gasteiger partial charge in [-0.2, -0.15) is 0 Å². The maximum atomic E-state index is 5.89. The summed E-state index contributed by atoms with van der Waals surface area (Å²) in [6.45, 7) is 0. The number of halogens is 1. The minimum atomic E-state index is 0.757. The summed E-state index contributed by atoms with van der Waals surface area (Å²) < 4.78 is 0. The van der Waals surface area contributed by atoms with Gasteiger partial charge in [-0.05, 0) is 30.5 Å². The monoisotopic (exact) mass is 217 g/mol. The van der Waals surface area contributed by atoms with Crippen molar-refractivity contribution in [2.45, 2.75) is 12.8 Å².